The molecule has 2 rings (SSSR count). The minimum atomic E-state index is -5.19. The van der Waals surface area contributed by atoms with Crippen molar-refractivity contribution in [2.24, 2.45) is 0 Å². The van der Waals surface area contributed by atoms with E-state index in [-0.39, 0.29) is 11.8 Å². The average Bonchev–Trinajstić information content (AvgIpc) is 2.85. The van der Waals surface area contributed by atoms with E-state index >= 15 is 0 Å². The van der Waals surface area contributed by atoms with Crippen molar-refractivity contribution in [2.75, 3.05) is 7.11 Å². The monoisotopic (exact) mass is 283 g/mol. The van der Waals surface area contributed by atoms with Crippen LogP contribution in [0.5, 0.6) is 0 Å². The zero-order valence-corrected chi connectivity index (χ0v) is 9.95. The van der Waals surface area contributed by atoms with Crippen LogP contribution in [0.15, 0.2) is 0 Å². The van der Waals surface area contributed by atoms with E-state index in [0.29, 0.717) is 18.9 Å². The van der Waals surface area contributed by atoms with Crippen molar-refractivity contribution in [3.8, 4) is 0 Å². The first-order valence-corrected chi connectivity index (χ1v) is 5.39. The Kier molecular flexibility index (Phi) is 4.18. The molecule has 0 aliphatic carbocycles. The van der Waals surface area contributed by atoms with Crippen LogP contribution in [-0.4, -0.2) is 42.6 Å². The van der Waals surface area contributed by atoms with Crippen LogP contribution in [0.2, 0.25) is 0 Å². The molecule has 0 aromatic carbocycles. The third-order valence-corrected chi connectivity index (χ3v) is 3.16. The molecule has 19 heavy (non-hydrogen) atoms. The van der Waals surface area contributed by atoms with Gasteiger partial charge in [0.25, 0.3) is 5.54 Å². The van der Waals surface area contributed by atoms with Gasteiger partial charge in [-0.05, 0) is 0 Å². The number of quaternary nitrogens is 1. The van der Waals surface area contributed by atoms with E-state index in [4.69, 9.17) is 9.90 Å². The molecule has 9 heteroatoms. The fourth-order valence-corrected chi connectivity index (χ4v) is 2.26. The lowest BCUT2D eigenvalue weighted by molar-refractivity contribution is -0.697. The van der Waals surface area contributed by atoms with E-state index in [9.17, 15) is 22.8 Å². The molecule has 2 heterocycles. The first-order chi connectivity index (χ1) is 8.63. The molecule has 2 fully saturated rings. The van der Waals surface area contributed by atoms with Crippen LogP contribution < -0.4 is 10.4 Å². The maximum Gasteiger partial charge on any atom is 0.430 e. The molecule has 0 spiro atoms. The lowest BCUT2D eigenvalue weighted by atomic mass is 9.87. The molecular weight excluding hydrogens is 271 g/mol. The van der Waals surface area contributed by atoms with Gasteiger partial charge < -0.3 is 20.0 Å². The number of esters is 1. The van der Waals surface area contributed by atoms with Crippen LogP contribution in [0, 0.1) is 0 Å². The van der Waals surface area contributed by atoms with Crippen molar-refractivity contribution in [2.45, 2.75) is 37.0 Å². The number of rotatable bonds is 1. The first-order valence-electron chi connectivity index (χ1n) is 5.39. The molecule has 2 bridgehead atoms. The van der Waals surface area contributed by atoms with E-state index in [0.717, 1.165) is 6.42 Å². The van der Waals surface area contributed by atoms with Crippen molar-refractivity contribution in [3.63, 3.8) is 0 Å². The van der Waals surface area contributed by atoms with Crippen molar-refractivity contribution in [3.05, 3.63) is 0 Å². The number of methoxy groups -OCH3 is 1. The van der Waals surface area contributed by atoms with Gasteiger partial charge in [0, 0.05) is 12.8 Å². The number of hydrogen-bond acceptors (Lipinski definition) is 5. The van der Waals surface area contributed by atoms with Crippen LogP contribution >= 0.6 is 0 Å². The van der Waals surface area contributed by atoms with Crippen LogP contribution in [-0.2, 0) is 19.1 Å². The number of carboxylic acids is 1. The summed E-state index contributed by atoms with van der Waals surface area (Å²) in [5.41, 5.74) is -0.848. The third kappa shape index (κ3) is 3.03. The number of ether oxygens (including phenoxy) is 1. The Hall–Kier alpha value is -1.64. The highest BCUT2D eigenvalue weighted by atomic mass is 19.4. The molecular formula is C10H12F3NO5. The van der Waals surface area contributed by atoms with E-state index < -0.39 is 17.7 Å². The topological polar surface area (TPSA) is 100 Å². The number of halogens is 3. The van der Waals surface area contributed by atoms with Gasteiger partial charge in [-0.1, -0.05) is 0 Å². The van der Waals surface area contributed by atoms with Gasteiger partial charge in [0.2, 0.25) is 5.78 Å². The lowest BCUT2D eigenvalue weighted by Crippen LogP contribution is -2.97. The normalized spacial score (nSPS) is 28.6. The maximum absolute atomic E-state index is 11.4. The van der Waals surface area contributed by atoms with Crippen molar-refractivity contribution in [1.29, 1.82) is 0 Å². The van der Waals surface area contributed by atoms with Crippen LogP contribution in [0.4, 0.5) is 13.2 Å². The van der Waals surface area contributed by atoms with Gasteiger partial charge >= 0.3 is 12.1 Å². The second-order valence-corrected chi connectivity index (χ2v) is 4.34. The molecule has 2 N–H and O–H groups in total. The fourth-order valence-electron chi connectivity index (χ4n) is 2.26. The number of aliphatic carboxylic acids is 1. The van der Waals surface area contributed by atoms with E-state index in [1.54, 1.807) is 0 Å². The van der Waals surface area contributed by atoms with Crippen molar-refractivity contribution in [1.82, 2.24) is 0 Å². The zero-order chi connectivity index (χ0) is 14.8. The van der Waals surface area contributed by atoms with E-state index in [1.165, 1.54) is 7.11 Å². The van der Waals surface area contributed by atoms with Crippen LogP contribution in [0.1, 0.15) is 19.3 Å². The summed E-state index contributed by atoms with van der Waals surface area (Å²) in [5, 5.41) is 10.7. The molecule has 2 saturated heterocycles. The van der Waals surface area contributed by atoms with Gasteiger partial charge in [-0.2, -0.15) is 13.2 Å². The third-order valence-electron chi connectivity index (χ3n) is 3.16. The maximum atomic E-state index is 11.4. The standard InChI is InChI=1S/C8H11NO3.C2HF3O2/c1-12-7(11)8-3-2-5(9-8)4-6(8)10;3-2(4,5)1(6)7/h5,9H,2-4H2,1H3;(H,6,7)/t5-,8+;/m1./s1. The molecule has 0 aromatic heterocycles. The molecule has 0 unspecified atom stereocenters. The Labute approximate surface area is 105 Å². The van der Waals surface area contributed by atoms with Crippen LogP contribution in [0.25, 0.3) is 0 Å². The molecule has 0 amide bonds. The van der Waals surface area contributed by atoms with Gasteiger partial charge in [0.15, 0.2) is 0 Å². The summed E-state index contributed by atoms with van der Waals surface area (Å²) >= 11 is 0. The summed E-state index contributed by atoms with van der Waals surface area (Å²) < 4.78 is 36.2. The first kappa shape index (κ1) is 15.4. The summed E-state index contributed by atoms with van der Waals surface area (Å²) in [4.78, 5) is 31.5. The number of alkyl halides is 3. The molecule has 0 aromatic rings. The lowest BCUT2D eigenvalue weighted by Gasteiger charge is -2.16. The van der Waals surface area contributed by atoms with Gasteiger partial charge in [0.05, 0.1) is 19.6 Å². The second kappa shape index (κ2) is 5.16. The summed E-state index contributed by atoms with van der Waals surface area (Å²) in [7, 11) is 1.34. The molecule has 6 nitrogen and oxygen atoms in total. The number of fused-ring (bicyclic) bond motifs is 2. The number of carboxylic acid groups (broad SMARTS) is 1. The quantitative estimate of drug-likeness (QED) is 0.439. The highest BCUT2D eigenvalue weighted by molar-refractivity contribution is 6.08. The highest BCUT2D eigenvalue weighted by Gasteiger charge is 2.62. The van der Waals surface area contributed by atoms with Crippen LogP contribution in [0.3, 0.4) is 0 Å². The molecule has 2 atom stereocenters. The zero-order valence-electron chi connectivity index (χ0n) is 9.95. The largest absolute Gasteiger partial charge is 0.542 e. The average molecular weight is 283 g/mol. The fraction of sp³-hybridized carbons (Fsp3) is 0.700. The Morgan fingerprint density at radius 3 is 2.26 bits per heavy atom. The summed E-state index contributed by atoms with van der Waals surface area (Å²) in [5.74, 6) is -3.33. The molecule has 2 aliphatic heterocycles. The Balaban J connectivity index is 0.000000224. The number of Topliss-reactive ketones (excluding diaryl/α,β-unsaturated/α-hetero) is 1. The van der Waals surface area contributed by atoms with Gasteiger partial charge in [-0.25, -0.2) is 4.79 Å². The highest BCUT2D eigenvalue weighted by Crippen LogP contribution is 2.28. The number of ketones is 1. The van der Waals surface area contributed by atoms with E-state index in [1.807, 2.05) is 5.32 Å². The van der Waals surface area contributed by atoms with Gasteiger partial charge in [-0.3, -0.25) is 4.79 Å². The number of carbonyl (C=O) groups excluding carboxylic acids is 3. The number of nitrogens with two attached hydrogens (primary N) is 1. The summed E-state index contributed by atoms with van der Waals surface area (Å²) in [6, 6.07) is 0.330. The summed E-state index contributed by atoms with van der Waals surface area (Å²) in [6.45, 7) is 0. The Bertz CT molecular complexity index is 408. The van der Waals surface area contributed by atoms with Gasteiger partial charge in [-0.15, -0.1) is 0 Å². The van der Waals surface area contributed by atoms with Gasteiger partial charge in [0.1, 0.15) is 5.97 Å². The molecule has 0 radical (unpaired) electrons. The predicted molar refractivity (Wildman–Crippen MR) is 50.4 cm³/mol. The number of hydrogen-bond donors (Lipinski definition) is 1. The Morgan fingerprint density at radius 2 is 2.00 bits per heavy atom. The number of carbonyl (C=O) groups is 3. The molecule has 108 valence electrons. The summed E-state index contributed by atoms with van der Waals surface area (Å²) in [6.07, 6.45) is -3.04. The minimum absolute atomic E-state index is 0.0469. The SMILES string of the molecule is COC(=O)[C@]12CC[C@H](CC1=O)[NH2+]2.O=C([O-])C(F)(F)F. The van der Waals surface area contributed by atoms with E-state index in [2.05, 4.69) is 4.74 Å². The molecule has 2 aliphatic rings. The molecule has 0 saturated carbocycles. The predicted octanol–water partition coefficient (Wildman–Crippen LogP) is -2.10. The minimum Gasteiger partial charge on any atom is -0.542 e. The second-order valence-electron chi connectivity index (χ2n) is 4.34. The van der Waals surface area contributed by atoms with Crippen molar-refractivity contribution >= 4 is 17.7 Å². The Morgan fingerprint density at radius 1 is 1.47 bits per heavy atom. The van der Waals surface area contributed by atoms with Crippen molar-refractivity contribution < 1.29 is 42.7 Å². The smallest absolute Gasteiger partial charge is 0.430 e.